The molecule has 1 saturated heterocycles. The number of hydrogen-bond donors (Lipinski definition) is 0. The topological polar surface area (TPSA) is 60.2 Å². The molecule has 1 aromatic heterocycles. The number of benzene rings is 1. The number of nitriles is 1. The largest absolute Gasteiger partial charge is 0.336 e. The van der Waals surface area contributed by atoms with E-state index in [4.69, 9.17) is 16.9 Å². The molecule has 1 aromatic carbocycles. The van der Waals surface area contributed by atoms with Crippen LogP contribution in [-0.2, 0) is 6.54 Å². The van der Waals surface area contributed by atoms with E-state index in [-0.39, 0.29) is 5.91 Å². The molecule has 6 heteroatoms. The Labute approximate surface area is 146 Å². The normalized spacial score (nSPS) is 15.1. The zero-order valence-corrected chi connectivity index (χ0v) is 13.9. The van der Waals surface area contributed by atoms with E-state index in [1.807, 2.05) is 17.0 Å². The third-order valence-electron chi connectivity index (χ3n) is 4.07. The quantitative estimate of drug-likeness (QED) is 0.861. The van der Waals surface area contributed by atoms with E-state index in [0.717, 1.165) is 25.3 Å². The van der Waals surface area contributed by atoms with Gasteiger partial charge in [0.15, 0.2) is 0 Å². The van der Waals surface area contributed by atoms with Crippen LogP contribution in [0.25, 0.3) is 0 Å². The Morgan fingerprint density at radius 2 is 2.00 bits per heavy atom. The minimum Gasteiger partial charge on any atom is -0.336 e. The molecule has 24 heavy (non-hydrogen) atoms. The second kappa shape index (κ2) is 7.43. The van der Waals surface area contributed by atoms with E-state index in [9.17, 15) is 4.79 Å². The Morgan fingerprint density at radius 3 is 2.67 bits per heavy atom. The van der Waals surface area contributed by atoms with E-state index in [1.54, 1.807) is 30.5 Å². The van der Waals surface area contributed by atoms with Gasteiger partial charge >= 0.3 is 0 Å². The van der Waals surface area contributed by atoms with Crippen molar-refractivity contribution in [3.05, 3.63) is 64.4 Å². The van der Waals surface area contributed by atoms with Crippen molar-refractivity contribution in [2.45, 2.75) is 6.54 Å². The highest BCUT2D eigenvalue weighted by Gasteiger charge is 2.22. The van der Waals surface area contributed by atoms with Crippen LogP contribution in [0.3, 0.4) is 0 Å². The molecule has 1 aliphatic rings. The van der Waals surface area contributed by atoms with E-state index < -0.39 is 0 Å². The average molecular weight is 341 g/mol. The molecule has 0 radical (unpaired) electrons. The second-order valence-electron chi connectivity index (χ2n) is 5.73. The van der Waals surface area contributed by atoms with Crippen molar-refractivity contribution >= 4 is 17.5 Å². The van der Waals surface area contributed by atoms with Gasteiger partial charge in [-0.15, -0.1) is 0 Å². The zero-order chi connectivity index (χ0) is 16.9. The number of carbonyl (C=O) groups is 1. The first-order valence-corrected chi connectivity index (χ1v) is 8.16. The summed E-state index contributed by atoms with van der Waals surface area (Å²) in [6, 6.07) is 12.7. The van der Waals surface area contributed by atoms with Gasteiger partial charge in [0.25, 0.3) is 5.91 Å². The third kappa shape index (κ3) is 3.91. The number of nitrogens with zero attached hydrogens (tertiary/aromatic N) is 4. The highest BCUT2D eigenvalue weighted by Crippen LogP contribution is 2.13. The molecule has 0 saturated carbocycles. The minimum atomic E-state index is -0.0173. The van der Waals surface area contributed by atoms with Crippen LogP contribution in [-0.4, -0.2) is 46.9 Å². The van der Waals surface area contributed by atoms with E-state index in [2.05, 4.69) is 16.0 Å². The number of halogens is 1. The van der Waals surface area contributed by atoms with Gasteiger partial charge in [-0.25, -0.2) is 0 Å². The number of pyridine rings is 1. The number of rotatable bonds is 3. The van der Waals surface area contributed by atoms with Crippen molar-refractivity contribution in [1.29, 1.82) is 5.26 Å². The Morgan fingerprint density at radius 1 is 1.21 bits per heavy atom. The molecule has 1 aliphatic heterocycles. The molecule has 2 aromatic rings. The van der Waals surface area contributed by atoms with Gasteiger partial charge in [0, 0.05) is 44.5 Å². The first-order valence-electron chi connectivity index (χ1n) is 7.78. The van der Waals surface area contributed by atoms with Gasteiger partial charge in [-0.2, -0.15) is 5.26 Å². The first-order chi connectivity index (χ1) is 11.7. The Kier molecular flexibility index (Phi) is 5.09. The third-order valence-corrected chi connectivity index (χ3v) is 4.30. The number of amides is 1. The molecule has 0 N–H and O–H groups in total. The standard InChI is InChI=1S/C18H17ClN4O/c19-16-4-5-17(21-12-16)13-22-6-8-23(9-7-22)18(24)15-3-1-2-14(10-15)11-20/h1-5,10,12H,6-9,13H2. The number of piperazine rings is 1. The van der Waals surface area contributed by atoms with Crippen LogP contribution in [0.1, 0.15) is 21.6 Å². The molecule has 0 aliphatic carbocycles. The summed E-state index contributed by atoms with van der Waals surface area (Å²) in [5, 5.41) is 9.58. The lowest BCUT2D eigenvalue weighted by Crippen LogP contribution is -2.48. The summed E-state index contributed by atoms with van der Waals surface area (Å²) in [4.78, 5) is 21.0. The number of hydrogen-bond acceptors (Lipinski definition) is 4. The van der Waals surface area contributed by atoms with Crippen molar-refractivity contribution < 1.29 is 4.79 Å². The number of aromatic nitrogens is 1. The summed E-state index contributed by atoms with van der Waals surface area (Å²) in [5.74, 6) is -0.0173. The molecule has 0 bridgehead atoms. The van der Waals surface area contributed by atoms with Gasteiger partial charge in [-0.1, -0.05) is 17.7 Å². The first kappa shape index (κ1) is 16.4. The predicted molar refractivity (Wildman–Crippen MR) is 91.6 cm³/mol. The molecule has 122 valence electrons. The molecule has 3 rings (SSSR count). The summed E-state index contributed by atoms with van der Waals surface area (Å²) >= 11 is 5.85. The lowest BCUT2D eigenvalue weighted by atomic mass is 10.1. The molecule has 0 atom stereocenters. The Hall–Kier alpha value is -2.42. The highest BCUT2D eigenvalue weighted by molar-refractivity contribution is 6.30. The molecular weight excluding hydrogens is 324 g/mol. The summed E-state index contributed by atoms with van der Waals surface area (Å²) in [6.45, 7) is 3.69. The minimum absolute atomic E-state index is 0.0173. The van der Waals surface area contributed by atoms with Gasteiger partial charge in [0.1, 0.15) is 0 Å². The van der Waals surface area contributed by atoms with Crippen LogP contribution in [0.2, 0.25) is 5.02 Å². The summed E-state index contributed by atoms with van der Waals surface area (Å²) < 4.78 is 0. The van der Waals surface area contributed by atoms with Crippen molar-refractivity contribution in [1.82, 2.24) is 14.8 Å². The lowest BCUT2D eigenvalue weighted by Gasteiger charge is -2.34. The highest BCUT2D eigenvalue weighted by atomic mass is 35.5. The van der Waals surface area contributed by atoms with Gasteiger partial charge in [-0.05, 0) is 30.3 Å². The molecular formula is C18H17ClN4O. The van der Waals surface area contributed by atoms with Crippen molar-refractivity contribution in [2.75, 3.05) is 26.2 Å². The maximum Gasteiger partial charge on any atom is 0.253 e. The summed E-state index contributed by atoms with van der Waals surface area (Å²) in [7, 11) is 0. The van der Waals surface area contributed by atoms with Crippen molar-refractivity contribution in [2.24, 2.45) is 0 Å². The monoisotopic (exact) mass is 340 g/mol. The fourth-order valence-corrected chi connectivity index (χ4v) is 2.85. The zero-order valence-electron chi connectivity index (χ0n) is 13.2. The Balaban J connectivity index is 1.57. The lowest BCUT2D eigenvalue weighted by molar-refractivity contribution is 0.0627. The smallest absolute Gasteiger partial charge is 0.253 e. The summed E-state index contributed by atoms with van der Waals surface area (Å²) in [5.41, 5.74) is 2.05. The van der Waals surface area contributed by atoms with Crippen LogP contribution in [0.5, 0.6) is 0 Å². The van der Waals surface area contributed by atoms with Crippen LogP contribution in [0.4, 0.5) is 0 Å². The Bertz CT molecular complexity index is 761. The maximum atomic E-state index is 12.5. The molecule has 2 heterocycles. The van der Waals surface area contributed by atoms with E-state index in [1.165, 1.54) is 0 Å². The van der Waals surface area contributed by atoms with E-state index >= 15 is 0 Å². The SMILES string of the molecule is N#Cc1cccc(C(=O)N2CCN(Cc3ccc(Cl)cn3)CC2)c1. The second-order valence-corrected chi connectivity index (χ2v) is 6.17. The molecule has 0 unspecified atom stereocenters. The van der Waals surface area contributed by atoms with Gasteiger partial charge in [-0.3, -0.25) is 14.7 Å². The van der Waals surface area contributed by atoms with Crippen molar-refractivity contribution in [3.63, 3.8) is 0 Å². The van der Waals surface area contributed by atoms with Gasteiger partial charge in [0.2, 0.25) is 0 Å². The average Bonchev–Trinajstić information content (AvgIpc) is 2.64. The van der Waals surface area contributed by atoms with Gasteiger partial charge < -0.3 is 4.90 Å². The number of carbonyl (C=O) groups excluding carboxylic acids is 1. The van der Waals surface area contributed by atoms with Crippen LogP contribution < -0.4 is 0 Å². The maximum absolute atomic E-state index is 12.5. The molecule has 5 nitrogen and oxygen atoms in total. The predicted octanol–water partition coefficient (Wildman–Crippen LogP) is 2.56. The fraction of sp³-hybridized carbons (Fsp3) is 0.278. The van der Waals surface area contributed by atoms with Crippen molar-refractivity contribution in [3.8, 4) is 6.07 Å². The van der Waals surface area contributed by atoms with E-state index in [0.29, 0.717) is 29.2 Å². The molecule has 1 amide bonds. The van der Waals surface area contributed by atoms with Gasteiger partial charge in [0.05, 0.1) is 22.3 Å². The summed E-state index contributed by atoms with van der Waals surface area (Å²) in [6.07, 6.45) is 1.65. The molecule has 0 spiro atoms. The van der Waals surface area contributed by atoms with Crippen LogP contribution >= 0.6 is 11.6 Å². The van der Waals surface area contributed by atoms with Crippen LogP contribution in [0.15, 0.2) is 42.6 Å². The van der Waals surface area contributed by atoms with Crippen LogP contribution in [0, 0.1) is 11.3 Å². The fourth-order valence-electron chi connectivity index (χ4n) is 2.74. The molecule has 1 fully saturated rings.